The van der Waals surface area contributed by atoms with Gasteiger partial charge in [-0.2, -0.15) is 26.3 Å². The van der Waals surface area contributed by atoms with Crippen molar-refractivity contribution in [3.05, 3.63) is 93.6 Å². The van der Waals surface area contributed by atoms with E-state index in [1.54, 1.807) is 4.90 Å². The topological polar surface area (TPSA) is 102 Å². The Kier molecular flexibility index (Phi) is 13.3. The number of morpholine rings is 1. The number of benzene rings is 2. The van der Waals surface area contributed by atoms with E-state index in [4.69, 9.17) is 16.3 Å². The molecule has 0 unspecified atom stereocenters. The van der Waals surface area contributed by atoms with Gasteiger partial charge in [0.15, 0.2) is 5.65 Å². The minimum atomic E-state index is -4.54. The molecule has 2 saturated heterocycles. The van der Waals surface area contributed by atoms with Crippen LogP contribution in [0.3, 0.4) is 0 Å². The summed E-state index contributed by atoms with van der Waals surface area (Å²) in [5.41, 5.74) is -1.21. The average molecular weight is 716 g/mol. The van der Waals surface area contributed by atoms with Crippen LogP contribution < -0.4 is 10.9 Å². The molecule has 2 aliphatic rings. The quantitative estimate of drug-likeness (QED) is 0.251. The summed E-state index contributed by atoms with van der Waals surface area (Å²) in [4.78, 5) is 32.0. The molecule has 4 aromatic rings. The molecule has 266 valence electrons. The number of rotatable bonds is 6. The lowest BCUT2D eigenvalue weighted by Crippen LogP contribution is -2.49. The molecular formula is C33H36ClF6N5O4. The van der Waals surface area contributed by atoms with Gasteiger partial charge in [0.1, 0.15) is 11.5 Å². The molecule has 2 aliphatic heterocycles. The molecule has 0 spiro atoms. The van der Waals surface area contributed by atoms with Gasteiger partial charge in [0.25, 0.3) is 5.56 Å². The number of hydrogen-bond donors (Lipinski definition) is 2. The third-order valence-corrected chi connectivity index (χ3v) is 8.28. The summed E-state index contributed by atoms with van der Waals surface area (Å²) in [6.45, 7) is 0.867. The molecule has 49 heavy (non-hydrogen) atoms. The predicted molar refractivity (Wildman–Crippen MR) is 172 cm³/mol. The van der Waals surface area contributed by atoms with Crippen LogP contribution in [0.1, 0.15) is 30.4 Å². The number of likely N-dealkylation sites (tertiary alicyclic amines) is 1. The molecule has 4 heterocycles. The van der Waals surface area contributed by atoms with E-state index < -0.39 is 29.6 Å². The van der Waals surface area contributed by atoms with E-state index >= 15 is 0 Å². The summed E-state index contributed by atoms with van der Waals surface area (Å²) in [5.74, 6) is 0.0201. The Bertz CT molecular complexity index is 1710. The highest BCUT2D eigenvalue weighted by Gasteiger charge is 2.35. The van der Waals surface area contributed by atoms with Crippen LogP contribution in [0.15, 0.2) is 71.8 Å². The fourth-order valence-corrected chi connectivity index (χ4v) is 5.77. The maximum atomic E-state index is 13.3. The van der Waals surface area contributed by atoms with E-state index in [1.165, 1.54) is 33.7 Å². The number of nitrogens with one attached hydrogen (secondary N) is 1. The number of hydrogen-bond acceptors (Lipinski definition) is 6. The third kappa shape index (κ3) is 10.8. The Morgan fingerprint density at radius 1 is 1.02 bits per heavy atom. The Labute approximate surface area is 283 Å². The summed E-state index contributed by atoms with van der Waals surface area (Å²) in [6, 6.07) is 15.7. The first kappa shape index (κ1) is 37.9. The maximum Gasteiger partial charge on any atom is 0.416 e. The van der Waals surface area contributed by atoms with E-state index in [-0.39, 0.29) is 34.3 Å². The lowest BCUT2D eigenvalue weighted by atomic mass is 9.91. The van der Waals surface area contributed by atoms with E-state index in [1.807, 2.05) is 30.3 Å². The molecule has 9 nitrogen and oxygen atoms in total. The van der Waals surface area contributed by atoms with Crippen LogP contribution >= 0.6 is 11.6 Å². The summed E-state index contributed by atoms with van der Waals surface area (Å²) in [7, 11) is 0. The highest BCUT2D eigenvalue weighted by atomic mass is 35.5. The second-order valence-corrected chi connectivity index (χ2v) is 11.9. The zero-order valence-corrected chi connectivity index (χ0v) is 27.1. The number of aryl methyl sites for hydroxylation is 1. The van der Waals surface area contributed by atoms with Crippen LogP contribution in [0.2, 0.25) is 5.15 Å². The first-order valence-electron chi connectivity index (χ1n) is 15.5. The van der Waals surface area contributed by atoms with Gasteiger partial charge >= 0.3 is 12.9 Å². The molecule has 6 rings (SSSR count). The molecule has 1 amide bonds. The van der Waals surface area contributed by atoms with Gasteiger partial charge in [-0.05, 0) is 49.1 Å². The SMILES string of the molecule is C1COCCN1.FC(F)F.O=C(CCc1ccccc1)N1CCC(O)(Cn2cnc3c(cc(Cl)n3-c3cccc(C(F)(F)F)c3)c2=O)CC1. The Morgan fingerprint density at radius 3 is 2.24 bits per heavy atom. The van der Waals surface area contributed by atoms with Crippen LogP contribution in [-0.4, -0.2) is 81.7 Å². The standard InChI is InChI=1S/C28H26ClF3N4O3.C4H9NO.CHF3/c29-23-16-22-25(36(23)21-8-4-7-20(15-21)28(30,31)32)33-18-35(26(22)38)17-27(39)11-13-34(14-12-27)24(37)10-9-19-5-2-1-3-6-19;1-3-6-4-2-5-1;2-1(3)4/h1-8,15-16,18,39H,9-14,17H2;5H,1-4H2;1H. The Balaban J connectivity index is 0.000000469. The first-order valence-corrected chi connectivity index (χ1v) is 15.8. The van der Waals surface area contributed by atoms with Gasteiger partial charge in [0, 0.05) is 38.3 Å². The number of alkyl halides is 6. The van der Waals surface area contributed by atoms with Crippen LogP contribution in [0.25, 0.3) is 16.7 Å². The van der Waals surface area contributed by atoms with Crippen molar-refractivity contribution in [2.45, 2.75) is 50.7 Å². The number of nitrogens with zero attached hydrogens (tertiary/aromatic N) is 4. The van der Waals surface area contributed by atoms with E-state index in [0.717, 1.165) is 44.0 Å². The van der Waals surface area contributed by atoms with Crippen molar-refractivity contribution in [2.24, 2.45) is 0 Å². The third-order valence-electron chi connectivity index (χ3n) is 8.00. The second-order valence-electron chi connectivity index (χ2n) is 11.5. The monoisotopic (exact) mass is 715 g/mol. The number of amides is 1. The fraction of sp³-hybridized carbons (Fsp3) is 0.424. The summed E-state index contributed by atoms with van der Waals surface area (Å²) in [6.07, 6.45) is -1.67. The molecule has 0 radical (unpaired) electrons. The van der Waals surface area contributed by atoms with Crippen molar-refractivity contribution in [3.63, 3.8) is 0 Å². The van der Waals surface area contributed by atoms with Crippen LogP contribution in [0.5, 0.6) is 0 Å². The van der Waals surface area contributed by atoms with Crippen LogP contribution in [-0.2, 0) is 28.7 Å². The minimum absolute atomic E-state index is 0.0201. The van der Waals surface area contributed by atoms with E-state index in [2.05, 4.69) is 10.3 Å². The van der Waals surface area contributed by atoms with Gasteiger partial charge in [0.05, 0.1) is 36.3 Å². The van der Waals surface area contributed by atoms with Crippen LogP contribution in [0, 0.1) is 0 Å². The maximum absolute atomic E-state index is 13.3. The average Bonchev–Trinajstić information content (AvgIpc) is 3.42. The number of aliphatic hydroxyl groups is 1. The molecule has 2 fully saturated rings. The molecule has 2 aromatic heterocycles. The molecule has 2 N–H and O–H groups in total. The smallest absolute Gasteiger partial charge is 0.388 e. The first-order chi connectivity index (χ1) is 23.3. The number of piperidine rings is 1. The van der Waals surface area contributed by atoms with Gasteiger partial charge in [0.2, 0.25) is 5.91 Å². The molecule has 16 heteroatoms. The van der Waals surface area contributed by atoms with Crippen LogP contribution in [0.4, 0.5) is 26.3 Å². The summed E-state index contributed by atoms with van der Waals surface area (Å²) in [5, 5.41) is 14.5. The highest BCUT2D eigenvalue weighted by Crippen LogP contribution is 2.32. The molecule has 0 atom stereocenters. The van der Waals surface area contributed by atoms with Gasteiger partial charge in [-0.25, -0.2) is 4.98 Å². The fourth-order valence-electron chi connectivity index (χ4n) is 5.48. The number of ether oxygens (including phenoxy) is 1. The van der Waals surface area contributed by atoms with Crippen molar-refractivity contribution in [1.82, 2.24) is 24.3 Å². The van der Waals surface area contributed by atoms with Gasteiger partial charge in [-0.15, -0.1) is 0 Å². The summed E-state index contributed by atoms with van der Waals surface area (Å²) >= 11 is 6.33. The highest BCUT2D eigenvalue weighted by molar-refractivity contribution is 6.31. The zero-order chi connectivity index (χ0) is 35.6. The predicted octanol–water partition coefficient (Wildman–Crippen LogP) is 5.63. The number of fused-ring (bicyclic) bond motifs is 1. The minimum Gasteiger partial charge on any atom is -0.388 e. The molecular weight excluding hydrogens is 680 g/mol. The Morgan fingerprint density at radius 2 is 1.67 bits per heavy atom. The van der Waals surface area contributed by atoms with Crippen molar-refractivity contribution in [1.29, 1.82) is 0 Å². The largest absolute Gasteiger partial charge is 0.416 e. The van der Waals surface area contributed by atoms with E-state index in [9.17, 15) is 41.0 Å². The van der Waals surface area contributed by atoms with Gasteiger partial charge in [-0.3, -0.25) is 18.7 Å². The number of carbonyl (C=O) groups excluding carboxylic acids is 1. The number of halogens is 7. The molecule has 0 aliphatic carbocycles. The van der Waals surface area contributed by atoms with Gasteiger partial charge < -0.3 is 20.1 Å². The number of carbonyl (C=O) groups is 1. The van der Waals surface area contributed by atoms with Crippen molar-refractivity contribution < 1.29 is 41.0 Å². The second kappa shape index (κ2) is 17.1. The van der Waals surface area contributed by atoms with Crippen molar-refractivity contribution in [2.75, 3.05) is 39.4 Å². The normalized spacial score (nSPS) is 16.1. The lowest BCUT2D eigenvalue weighted by Gasteiger charge is -2.38. The van der Waals surface area contributed by atoms with Crippen molar-refractivity contribution in [3.8, 4) is 5.69 Å². The molecule has 0 bridgehead atoms. The summed E-state index contributed by atoms with van der Waals surface area (Å²) < 4.78 is 76.2. The zero-order valence-electron chi connectivity index (χ0n) is 26.3. The molecule has 2 aromatic carbocycles. The van der Waals surface area contributed by atoms with Crippen molar-refractivity contribution >= 4 is 28.5 Å². The lowest BCUT2D eigenvalue weighted by molar-refractivity contribution is -0.138. The Hall–Kier alpha value is -3.92. The van der Waals surface area contributed by atoms with E-state index in [0.29, 0.717) is 38.8 Å². The number of aromatic nitrogens is 3. The molecule has 0 saturated carbocycles. The van der Waals surface area contributed by atoms with Gasteiger partial charge in [-0.1, -0.05) is 48.0 Å².